The topological polar surface area (TPSA) is 44.8 Å². The summed E-state index contributed by atoms with van der Waals surface area (Å²) in [5, 5.41) is 0. The van der Waals surface area contributed by atoms with Gasteiger partial charge in [0.15, 0.2) is 0 Å². The van der Waals surface area contributed by atoms with Gasteiger partial charge in [0.25, 0.3) is 0 Å². The van der Waals surface area contributed by atoms with E-state index < -0.39 is 6.16 Å². The second-order valence-corrected chi connectivity index (χ2v) is 7.35. The Kier molecular flexibility index (Phi) is 15.1. The molecule has 1 aromatic rings. The van der Waals surface area contributed by atoms with E-state index in [-0.39, 0.29) is 6.61 Å². The fraction of sp³-hybridized carbons (Fsp3) is 0.708. The van der Waals surface area contributed by atoms with Crippen molar-refractivity contribution in [3.63, 3.8) is 0 Å². The molecule has 0 aliphatic rings. The molecule has 0 fully saturated rings. The standard InChI is InChI=1S/C24H40O4/c1-3-5-6-7-8-9-10-11-12-13-14-15-20-27-23-18-16-22(17-19-23)21-28-24(25)26-4-2/h16-19H,3-15,20-21H2,1-2H3. The molecular formula is C24H40O4. The summed E-state index contributed by atoms with van der Waals surface area (Å²) in [5.41, 5.74) is 0.922. The van der Waals surface area contributed by atoms with Gasteiger partial charge in [0, 0.05) is 0 Å². The van der Waals surface area contributed by atoms with E-state index >= 15 is 0 Å². The molecule has 0 atom stereocenters. The van der Waals surface area contributed by atoms with Crippen LogP contribution < -0.4 is 4.74 Å². The zero-order valence-corrected chi connectivity index (χ0v) is 18.0. The van der Waals surface area contributed by atoms with Crippen molar-refractivity contribution in [2.75, 3.05) is 13.2 Å². The van der Waals surface area contributed by atoms with Crippen molar-refractivity contribution in [1.82, 2.24) is 0 Å². The molecule has 0 saturated heterocycles. The van der Waals surface area contributed by atoms with E-state index in [2.05, 4.69) is 6.92 Å². The molecule has 0 unspecified atom stereocenters. The maximum absolute atomic E-state index is 11.2. The first-order chi connectivity index (χ1) is 13.8. The Morgan fingerprint density at radius 2 is 1.25 bits per heavy atom. The fourth-order valence-corrected chi connectivity index (χ4v) is 3.12. The minimum Gasteiger partial charge on any atom is -0.494 e. The lowest BCUT2D eigenvalue weighted by Gasteiger charge is -2.08. The van der Waals surface area contributed by atoms with Gasteiger partial charge in [0.05, 0.1) is 13.2 Å². The lowest BCUT2D eigenvalue weighted by molar-refractivity contribution is 0.0536. The number of rotatable bonds is 17. The average Bonchev–Trinajstić information content (AvgIpc) is 2.71. The highest BCUT2D eigenvalue weighted by atomic mass is 16.7. The summed E-state index contributed by atoms with van der Waals surface area (Å²) in [7, 11) is 0. The van der Waals surface area contributed by atoms with Crippen LogP contribution in [0.1, 0.15) is 96.5 Å². The van der Waals surface area contributed by atoms with Crippen LogP contribution in [0.25, 0.3) is 0 Å². The normalized spacial score (nSPS) is 10.6. The summed E-state index contributed by atoms with van der Waals surface area (Å²) in [6.45, 7) is 5.33. The molecule has 0 bridgehead atoms. The summed E-state index contributed by atoms with van der Waals surface area (Å²) in [6, 6.07) is 7.67. The number of carbonyl (C=O) groups excluding carboxylic acids is 1. The van der Waals surface area contributed by atoms with Crippen molar-refractivity contribution in [2.45, 2.75) is 97.5 Å². The number of hydrogen-bond donors (Lipinski definition) is 0. The summed E-state index contributed by atoms with van der Waals surface area (Å²) in [6.07, 6.45) is 15.5. The van der Waals surface area contributed by atoms with E-state index in [9.17, 15) is 4.79 Å². The van der Waals surface area contributed by atoms with Crippen molar-refractivity contribution >= 4 is 6.16 Å². The molecule has 0 aliphatic carbocycles. The van der Waals surface area contributed by atoms with Gasteiger partial charge in [-0.05, 0) is 31.0 Å². The number of ether oxygens (including phenoxy) is 3. The minimum absolute atomic E-state index is 0.220. The first kappa shape index (κ1) is 24.3. The molecule has 0 aromatic heterocycles. The molecule has 4 nitrogen and oxygen atoms in total. The molecule has 0 heterocycles. The monoisotopic (exact) mass is 392 g/mol. The van der Waals surface area contributed by atoms with Crippen molar-refractivity contribution in [3.8, 4) is 5.75 Å². The molecule has 4 heteroatoms. The van der Waals surface area contributed by atoms with Crippen LogP contribution in [0.4, 0.5) is 4.79 Å². The smallest absolute Gasteiger partial charge is 0.494 e. The van der Waals surface area contributed by atoms with Crippen LogP contribution in [0, 0.1) is 0 Å². The number of unbranched alkanes of at least 4 members (excludes halogenated alkanes) is 11. The van der Waals surface area contributed by atoms with E-state index in [1.165, 1.54) is 70.6 Å². The summed E-state index contributed by atoms with van der Waals surface area (Å²) in [4.78, 5) is 11.2. The first-order valence-electron chi connectivity index (χ1n) is 11.3. The van der Waals surface area contributed by atoms with Crippen LogP contribution in [-0.4, -0.2) is 19.4 Å². The minimum atomic E-state index is -0.630. The van der Waals surface area contributed by atoms with E-state index in [4.69, 9.17) is 14.2 Å². The molecule has 0 radical (unpaired) electrons. The van der Waals surface area contributed by atoms with Gasteiger partial charge in [-0.3, -0.25) is 0 Å². The molecule has 0 N–H and O–H groups in total. The van der Waals surface area contributed by atoms with Crippen LogP contribution in [0.5, 0.6) is 5.75 Å². The molecule has 0 aliphatic heterocycles. The van der Waals surface area contributed by atoms with E-state index in [0.717, 1.165) is 24.3 Å². The third-order valence-electron chi connectivity index (χ3n) is 4.81. The molecule has 160 valence electrons. The molecule has 1 rings (SSSR count). The third kappa shape index (κ3) is 13.5. The van der Waals surface area contributed by atoms with Gasteiger partial charge in [-0.25, -0.2) is 4.79 Å². The zero-order valence-electron chi connectivity index (χ0n) is 18.0. The highest BCUT2D eigenvalue weighted by Gasteiger charge is 2.03. The average molecular weight is 393 g/mol. The second-order valence-electron chi connectivity index (χ2n) is 7.35. The Hall–Kier alpha value is -1.71. The predicted molar refractivity (Wildman–Crippen MR) is 115 cm³/mol. The third-order valence-corrected chi connectivity index (χ3v) is 4.81. The van der Waals surface area contributed by atoms with Crippen LogP contribution in [-0.2, 0) is 16.1 Å². The lowest BCUT2D eigenvalue weighted by Crippen LogP contribution is -2.06. The number of benzene rings is 1. The van der Waals surface area contributed by atoms with Gasteiger partial charge in [0.2, 0.25) is 0 Å². The first-order valence-corrected chi connectivity index (χ1v) is 11.3. The number of carbonyl (C=O) groups is 1. The van der Waals surface area contributed by atoms with Crippen molar-refractivity contribution in [1.29, 1.82) is 0 Å². The van der Waals surface area contributed by atoms with Gasteiger partial charge in [-0.2, -0.15) is 0 Å². The quantitative estimate of drug-likeness (QED) is 0.204. The highest BCUT2D eigenvalue weighted by Crippen LogP contribution is 2.15. The Balaban J connectivity index is 1.94. The second kappa shape index (κ2) is 17.4. The molecule has 0 amide bonds. The Bertz CT molecular complexity index is 484. The van der Waals surface area contributed by atoms with E-state index in [1.807, 2.05) is 24.3 Å². The van der Waals surface area contributed by atoms with Gasteiger partial charge < -0.3 is 14.2 Å². The fourth-order valence-electron chi connectivity index (χ4n) is 3.12. The lowest BCUT2D eigenvalue weighted by atomic mass is 10.1. The number of hydrogen-bond acceptors (Lipinski definition) is 4. The Morgan fingerprint density at radius 1 is 0.714 bits per heavy atom. The Morgan fingerprint density at radius 3 is 1.79 bits per heavy atom. The molecule has 0 saturated carbocycles. The van der Waals surface area contributed by atoms with Gasteiger partial charge in [-0.15, -0.1) is 0 Å². The van der Waals surface area contributed by atoms with E-state index in [0.29, 0.717) is 6.61 Å². The van der Waals surface area contributed by atoms with Crippen molar-refractivity contribution in [3.05, 3.63) is 29.8 Å². The zero-order chi connectivity index (χ0) is 20.3. The van der Waals surface area contributed by atoms with Crippen LogP contribution in [0.3, 0.4) is 0 Å². The summed E-state index contributed by atoms with van der Waals surface area (Å²) in [5.74, 6) is 0.864. The highest BCUT2D eigenvalue weighted by molar-refractivity contribution is 5.59. The van der Waals surface area contributed by atoms with Crippen molar-refractivity contribution in [2.24, 2.45) is 0 Å². The van der Waals surface area contributed by atoms with Gasteiger partial charge in [-0.1, -0.05) is 89.7 Å². The maximum Gasteiger partial charge on any atom is 0.508 e. The molecule has 0 spiro atoms. The van der Waals surface area contributed by atoms with Crippen molar-refractivity contribution < 1.29 is 19.0 Å². The van der Waals surface area contributed by atoms with Crippen LogP contribution in [0.2, 0.25) is 0 Å². The molecule has 28 heavy (non-hydrogen) atoms. The summed E-state index contributed by atoms with van der Waals surface area (Å²) >= 11 is 0. The van der Waals surface area contributed by atoms with Gasteiger partial charge in [0.1, 0.15) is 12.4 Å². The van der Waals surface area contributed by atoms with E-state index in [1.54, 1.807) is 6.92 Å². The largest absolute Gasteiger partial charge is 0.508 e. The van der Waals surface area contributed by atoms with Crippen LogP contribution in [0.15, 0.2) is 24.3 Å². The maximum atomic E-state index is 11.2. The van der Waals surface area contributed by atoms with Gasteiger partial charge >= 0.3 is 6.16 Å². The molecule has 1 aromatic carbocycles. The molecular weight excluding hydrogens is 352 g/mol. The van der Waals surface area contributed by atoms with Crippen LogP contribution >= 0.6 is 0 Å². The summed E-state index contributed by atoms with van der Waals surface area (Å²) < 4.78 is 15.5. The predicted octanol–water partition coefficient (Wildman–Crippen LogP) is 7.44. The SMILES string of the molecule is CCCCCCCCCCCCCCOc1ccc(COC(=O)OCC)cc1. The Labute approximate surface area is 172 Å².